The lowest BCUT2D eigenvalue weighted by atomic mass is 10.2. The summed E-state index contributed by atoms with van der Waals surface area (Å²) >= 11 is 0. The van der Waals surface area contributed by atoms with Gasteiger partial charge in [-0.25, -0.2) is 0 Å². The van der Waals surface area contributed by atoms with E-state index in [1.807, 2.05) is 0 Å². The highest BCUT2D eigenvalue weighted by atomic mass is 16.5. The average molecular weight is 281 g/mol. The van der Waals surface area contributed by atoms with Crippen LogP contribution in [-0.2, 0) is 17.7 Å². The molecule has 0 saturated carbocycles. The maximum absolute atomic E-state index is 11.6. The number of aromatic nitrogens is 2. The molecule has 0 aliphatic carbocycles. The summed E-state index contributed by atoms with van der Waals surface area (Å²) in [5.74, 6) is -0.515. The predicted molar refractivity (Wildman–Crippen MR) is 76.4 cm³/mol. The molecule has 112 valence electrons. The fourth-order valence-corrected chi connectivity index (χ4v) is 2.43. The number of anilines is 1. The van der Waals surface area contributed by atoms with Gasteiger partial charge in [-0.2, -0.15) is 5.10 Å². The van der Waals surface area contributed by atoms with Crippen LogP contribution in [0.2, 0.25) is 0 Å². The minimum atomic E-state index is -0.515. The standard InChI is InChI=1S/C13H23N5O2/c1-2-3-10-11(14)12(13(15)19)18(16-10)5-4-17-6-8-20-9-7-17/h2-9,14H2,1H3,(H2,15,19). The lowest BCUT2D eigenvalue weighted by molar-refractivity contribution is 0.0358. The van der Waals surface area contributed by atoms with Crippen LogP contribution in [0.3, 0.4) is 0 Å². The van der Waals surface area contributed by atoms with Crippen LogP contribution in [0.15, 0.2) is 0 Å². The average Bonchev–Trinajstić information content (AvgIpc) is 2.75. The third-order valence-electron chi connectivity index (χ3n) is 3.52. The summed E-state index contributed by atoms with van der Waals surface area (Å²) in [6.07, 6.45) is 1.69. The molecule has 7 nitrogen and oxygen atoms in total. The van der Waals surface area contributed by atoms with Crippen molar-refractivity contribution < 1.29 is 9.53 Å². The van der Waals surface area contributed by atoms with E-state index in [4.69, 9.17) is 16.2 Å². The Balaban J connectivity index is 2.08. The molecule has 7 heteroatoms. The smallest absolute Gasteiger partial charge is 0.269 e. The number of hydrogen-bond acceptors (Lipinski definition) is 5. The Bertz CT molecular complexity index is 466. The van der Waals surface area contributed by atoms with Gasteiger partial charge >= 0.3 is 0 Å². The van der Waals surface area contributed by atoms with Crippen LogP contribution < -0.4 is 11.5 Å². The van der Waals surface area contributed by atoms with Gasteiger partial charge in [0.15, 0.2) is 0 Å². The number of nitrogens with zero attached hydrogens (tertiary/aromatic N) is 3. The van der Waals surface area contributed by atoms with Crippen LogP contribution in [0.25, 0.3) is 0 Å². The van der Waals surface area contributed by atoms with Crippen molar-refractivity contribution in [1.82, 2.24) is 14.7 Å². The summed E-state index contributed by atoms with van der Waals surface area (Å²) in [6, 6.07) is 0. The quantitative estimate of drug-likeness (QED) is 0.755. The molecule has 20 heavy (non-hydrogen) atoms. The van der Waals surface area contributed by atoms with Crippen molar-refractivity contribution in [2.45, 2.75) is 26.3 Å². The second-order valence-electron chi connectivity index (χ2n) is 5.00. The minimum absolute atomic E-state index is 0.335. The normalized spacial score (nSPS) is 16.4. The van der Waals surface area contributed by atoms with Crippen molar-refractivity contribution in [3.05, 3.63) is 11.4 Å². The molecule has 0 spiro atoms. The third kappa shape index (κ3) is 3.29. The highest BCUT2D eigenvalue weighted by Crippen LogP contribution is 2.18. The zero-order valence-corrected chi connectivity index (χ0v) is 12.0. The number of hydrogen-bond donors (Lipinski definition) is 2. The first-order valence-electron chi connectivity index (χ1n) is 7.08. The molecular weight excluding hydrogens is 258 g/mol. The molecule has 0 atom stereocenters. The van der Waals surface area contributed by atoms with Gasteiger partial charge in [-0.3, -0.25) is 14.4 Å². The van der Waals surface area contributed by atoms with Gasteiger partial charge in [-0.15, -0.1) is 0 Å². The highest BCUT2D eigenvalue weighted by molar-refractivity contribution is 5.96. The van der Waals surface area contributed by atoms with Crippen LogP contribution in [0.5, 0.6) is 0 Å². The first-order valence-corrected chi connectivity index (χ1v) is 7.08. The molecule has 1 aromatic rings. The van der Waals surface area contributed by atoms with Gasteiger partial charge < -0.3 is 16.2 Å². The fraction of sp³-hybridized carbons (Fsp3) is 0.692. The van der Waals surface area contributed by atoms with Crippen LogP contribution in [-0.4, -0.2) is 53.4 Å². The highest BCUT2D eigenvalue weighted by Gasteiger charge is 2.20. The van der Waals surface area contributed by atoms with E-state index in [1.165, 1.54) is 0 Å². The molecule has 1 fully saturated rings. The number of rotatable bonds is 6. The van der Waals surface area contributed by atoms with Gasteiger partial charge in [0.2, 0.25) is 0 Å². The van der Waals surface area contributed by atoms with E-state index in [9.17, 15) is 4.79 Å². The molecule has 0 aromatic carbocycles. The third-order valence-corrected chi connectivity index (χ3v) is 3.52. The number of nitrogens with two attached hydrogens (primary N) is 2. The first kappa shape index (κ1) is 14.8. The van der Waals surface area contributed by atoms with Crippen LogP contribution in [0.4, 0.5) is 5.69 Å². The lowest BCUT2D eigenvalue weighted by Gasteiger charge is -2.26. The zero-order chi connectivity index (χ0) is 14.5. The second kappa shape index (κ2) is 6.71. The van der Waals surface area contributed by atoms with Gasteiger partial charge in [0, 0.05) is 19.6 Å². The Hall–Kier alpha value is -1.60. The van der Waals surface area contributed by atoms with Gasteiger partial charge in [0.25, 0.3) is 5.91 Å². The summed E-state index contributed by atoms with van der Waals surface area (Å²) in [7, 11) is 0. The summed E-state index contributed by atoms with van der Waals surface area (Å²) in [5, 5.41) is 4.44. The Kier molecular flexibility index (Phi) is 4.97. The maximum atomic E-state index is 11.6. The summed E-state index contributed by atoms with van der Waals surface area (Å²) in [5.41, 5.74) is 12.9. The number of amides is 1. The summed E-state index contributed by atoms with van der Waals surface area (Å²) < 4.78 is 6.96. The van der Waals surface area contributed by atoms with Gasteiger partial charge in [0.05, 0.1) is 31.1 Å². The number of ether oxygens (including phenoxy) is 1. The SMILES string of the molecule is CCCc1nn(CCN2CCOCC2)c(C(N)=O)c1N. The number of carbonyl (C=O) groups excluding carboxylic acids is 1. The maximum Gasteiger partial charge on any atom is 0.269 e. The Labute approximate surface area is 118 Å². The Morgan fingerprint density at radius 2 is 2.05 bits per heavy atom. The van der Waals surface area contributed by atoms with Crippen molar-refractivity contribution in [2.75, 3.05) is 38.6 Å². The monoisotopic (exact) mass is 281 g/mol. The number of morpholine rings is 1. The summed E-state index contributed by atoms with van der Waals surface area (Å²) in [4.78, 5) is 13.8. The van der Waals surface area contributed by atoms with Crippen molar-refractivity contribution in [1.29, 1.82) is 0 Å². The van der Waals surface area contributed by atoms with Crippen LogP contribution in [0, 0.1) is 0 Å². The van der Waals surface area contributed by atoms with E-state index in [2.05, 4.69) is 16.9 Å². The summed E-state index contributed by atoms with van der Waals surface area (Å²) in [6.45, 7) is 6.81. The first-order chi connectivity index (χ1) is 9.63. The predicted octanol–water partition coefficient (Wildman–Crippen LogP) is -0.151. The molecule has 0 bridgehead atoms. The molecule has 2 rings (SSSR count). The van der Waals surface area contributed by atoms with E-state index in [-0.39, 0.29) is 0 Å². The molecule has 4 N–H and O–H groups in total. The van der Waals surface area contributed by atoms with Gasteiger partial charge in [0.1, 0.15) is 5.69 Å². The largest absolute Gasteiger partial charge is 0.395 e. The molecule has 1 amide bonds. The molecular formula is C13H23N5O2. The van der Waals surface area contributed by atoms with Crippen molar-refractivity contribution >= 4 is 11.6 Å². The number of nitrogen functional groups attached to an aromatic ring is 1. The molecule has 2 heterocycles. The van der Waals surface area contributed by atoms with E-state index in [1.54, 1.807) is 4.68 Å². The lowest BCUT2D eigenvalue weighted by Crippen LogP contribution is -2.38. The van der Waals surface area contributed by atoms with Crippen LogP contribution in [0.1, 0.15) is 29.5 Å². The molecule has 0 radical (unpaired) electrons. The fourth-order valence-electron chi connectivity index (χ4n) is 2.43. The molecule has 1 aromatic heterocycles. The van der Waals surface area contributed by atoms with Crippen molar-refractivity contribution in [3.8, 4) is 0 Å². The second-order valence-corrected chi connectivity index (χ2v) is 5.00. The number of aryl methyl sites for hydroxylation is 1. The zero-order valence-electron chi connectivity index (χ0n) is 12.0. The topological polar surface area (TPSA) is 99.4 Å². The van der Waals surface area contributed by atoms with E-state index >= 15 is 0 Å². The number of carbonyl (C=O) groups is 1. The van der Waals surface area contributed by atoms with Crippen molar-refractivity contribution in [3.63, 3.8) is 0 Å². The van der Waals surface area contributed by atoms with E-state index < -0.39 is 5.91 Å². The molecule has 1 aliphatic rings. The minimum Gasteiger partial charge on any atom is -0.395 e. The Morgan fingerprint density at radius 3 is 2.65 bits per heavy atom. The van der Waals surface area contributed by atoms with E-state index in [0.717, 1.165) is 51.4 Å². The van der Waals surface area contributed by atoms with Gasteiger partial charge in [-0.05, 0) is 6.42 Å². The van der Waals surface area contributed by atoms with Crippen LogP contribution >= 0.6 is 0 Å². The van der Waals surface area contributed by atoms with E-state index in [0.29, 0.717) is 17.9 Å². The molecule has 1 saturated heterocycles. The van der Waals surface area contributed by atoms with Gasteiger partial charge in [-0.1, -0.05) is 13.3 Å². The molecule has 0 unspecified atom stereocenters. The van der Waals surface area contributed by atoms with Crippen molar-refractivity contribution in [2.24, 2.45) is 5.73 Å². The molecule has 1 aliphatic heterocycles. The number of primary amides is 1. The Morgan fingerprint density at radius 1 is 1.35 bits per heavy atom.